The lowest BCUT2D eigenvalue weighted by Gasteiger charge is -2.10. The highest BCUT2D eigenvalue weighted by atomic mass is 19.1. The van der Waals surface area contributed by atoms with Crippen molar-refractivity contribution >= 4 is 5.96 Å². The normalized spacial score (nSPS) is 11.3. The number of aromatic nitrogens is 1. The number of rotatable bonds is 4. The first-order chi connectivity index (χ1) is 7.77. The van der Waals surface area contributed by atoms with E-state index in [1.54, 1.807) is 19.3 Å². The number of hydrogen-bond donors (Lipinski definition) is 2. The lowest BCUT2D eigenvalue weighted by Crippen LogP contribution is -2.37. The Kier molecular flexibility index (Phi) is 5.25. The molecule has 1 aromatic rings. The van der Waals surface area contributed by atoms with Crippen molar-refractivity contribution in [3.8, 4) is 0 Å². The molecule has 0 bridgehead atoms. The quantitative estimate of drug-likeness (QED) is 0.598. The third-order valence-corrected chi connectivity index (χ3v) is 2.02. The van der Waals surface area contributed by atoms with Gasteiger partial charge in [0.1, 0.15) is 5.82 Å². The zero-order valence-corrected chi connectivity index (χ0v) is 9.63. The molecular formula is C11H17FN4. The maximum absolute atomic E-state index is 13.2. The van der Waals surface area contributed by atoms with Crippen molar-refractivity contribution in [3.63, 3.8) is 0 Å². The maximum atomic E-state index is 13.2. The fourth-order valence-corrected chi connectivity index (χ4v) is 1.18. The van der Waals surface area contributed by atoms with Crippen LogP contribution in [-0.2, 0) is 6.54 Å². The Morgan fingerprint density at radius 3 is 2.94 bits per heavy atom. The molecule has 0 aliphatic carbocycles. The molecule has 0 atom stereocenters. The van der Waals surface area contributed by atoms with Gasteiger partial charge in [-0.25, -0.2) is 4.39 Å². The number of nitrogens with zero attached hydrogens (tertiary/aromatic N) is 2. The standard InChI is InChI=1S/C11H17FN4/c1-3-6-15-11(13-2)16-8-10-9(12)5-4-7-14-10/h4-5,7H,3,6,8H2,1-2H3,(H2,13,15,16). The molecule has 2 N–H and O–H groups in total. The van der Waals surface area contributed by atoms with Crippen molar-refractivity contribution < 1.29 is 4.39 Å². The number of pyridine rings is 1. The summed E-state index contributed by atoms with van der Waals surface area (Å²) in [6, 6.07) is 2.97. The van der Waals surface area contributed by atoms with Crippen LogP contribution in [-0.4, -0.2) is 24.5 Å². The molecule has 0 aliphatic heterocycles. The van der Waals surface area contributed by atoms with Crippen LogP contribution < -0.4 is 10.6 Å². The van der Waals surface area contributed by atoms with Gasteiger partial charge < -0.3 is 10.6 Å². The van der Waals surface area contributed by atoms with E-state index < -0.39 is 0 Å². The van der Waals surface area contributed by atoms with Gasteiger partial charge in [-0.05, 0) is 18.6 Å². The van der Waals surface area contributed by atoms with Gasteiger partial charge in [0.15, 0.2) is 5.96 Å². The number of hydrogen-bond acceptors (Lipinski definition) is 2. The van der Waals surface area contributed by atoms with E-state index in [0.717, 1.165) is 13.0 Å². The van der Waals surface area contributed by atoms with Crippen LogP contribution in [0, 0.1) is 5.82 Å². The fraction of sp³-hybridized carbons (Fsp3) is 0.455. The Hall–Kier alpha value is -1.65. The SMILES string of the molecule is CCCNC(=NC)NCc1ncccc1F. The van der Waals surface area contributed by atoms with E-state index in [1.165, 1.54) is 6.07 Å². The molecule has 1 heterocycles. The molecule has 0 unspecified atom stereocenters. The van der Waals surface area contributed by atoms with Crippen LogP contribution in [0.3, 0.4) is 0 Å². The molecule has 0 saturated heterocycles. The van der Waals surface area contributed by atoms with E-state index in [1.807, 2.05) is 0 Å². The predicted octanol–water partition coefficient (Wildman–Crippen LogP) is 1.30. The summed E-state index contributed by atoms with van der Waals surface area (Å²) in [5.74, 6) is 0.354. The predicted molar refractivity (Wildman–Crippen MR) is 62.7 cm³/mol. The Morgan fingerprint density at radius 1 is 1.50 bits per heavy atom. The summed E-state index contributed by atoms with van der Waals surface area (Å²) in [6.07, 6.45) is 2.58. The largest absolute Gasteiger partial charge is 0.356 e. The third-order valence-electron chi connectivity index (χ3n) is 2.02. The van der Waals surface area contributed by atoms with Crippen molar-refractivity contribution in [1.29, 1.82) is 0 Å². The summed E-state index contributed by atoms with van der Waals surface area (Å²) < 4.78 is 13.2. The number of nitrogens with one attached hydrogen (secondary N) is 2. The minimum absolute atomic E-state index is 0.305. The second-order valence-corrected chi connectivity index (χ2v) is 3.28. The van der Waals surface area contributed by atoms with Gasteiger partial charge in [0, 0.05) is 19.8 Å². The average Bonchev–Trinajstić information content (AvgIpc) is 2.31. The Bertz CT molecular complexity index is 352. The molecule has 0 saturated carbocycles. The molecule has 0 aromatic carbocycles. The minimum Gasteiger partial charge on any atom is -0.356 e. The van der Waals surface area contributed by atoms with Crippen LogP contribution in [0.2, 0.25) is 0 Å². The van der Waals surface area contributed by atoms with E-state index in [9.17, 15) is 4.39 Å². The van der Waals surface area contributed by atoms with Gasteiger partial charge in [-0.15, -0.1) is 0 Å². The smallest absolute Gasteiger partial charge is 0.191 e. The van der Waals surface area contributed by atoms with Gasteiger partial charge >= 0.3 is 0 Å². The zero-order valence-electron chi connectivity index (χ0n) is 9.63. The highest BCUT2D eigenvalue weighted by Gasteiger charge is 2.03. The molecule has 16 heavy (non-hydrogen) atoms. The van der Waals surface area contributed by atoms with Crippen molar-refractivity contribution in [3.05, 3.63) is 29.8 Å². The van der Waals surface area contributed by atoms with E-state index in [4.69, 9.17) is 0 Å². The molecular weight excluding hydrogens is 207 g/mol. The van der Waals surface area contributed by atoms with Gasteiger partial charge in [-0.2, -0.15) is 0 Å². The van der Waals surface area contributed by atoms with Crippen LogP contribution in [0.5, 0.6) is 0 Å². The van der Waals surface area contributed by atoms with Crippen molar-refractivity contribution in [1.82, 2.24) is 15.6 Å². The monoisotopic (exact) mass is 224 g/mol. The summed E-state index contributed by atoms with van der Waals surface area (Å²) in [7, 11) is 1.68. The van der Waals surface area contributed by atoms with Crippen LogP contribution in [0.4, 0.5) is 4.39 Å². The Morgan fingerprint density at radius 2 is 2.31 bits per heavy atom. The van der Waals surface area contributed by atoms with Crippen molar-refractivity contribution in [2.45, 2.75) is 19.9 Å². The number of aliphatic imine (C=N–C) groups is 1. The highest BCUT2D eigenvalue weighted by Crippen LogP contribution is 2.01. The number of guanidine groups is 1. The molecule has 0 amide bonds. The first-order valence-electron chi connectivity index (χ1n) is 5.31. The zero-order chi connectivity index (χ0) is 11.8. The van der Waals surface area contributed by atoms with E-state index >= 15 is 0 Å². The molecule has 88 valence electrons. The lowest BCUT2D eigenvalue weighted by molar-refractivity contribution is 0.592. The molecule has 0 radical (unpaired) electrons. The highest BCUT2D eigenvalue weighted by molar-refractivity contribution is 5.79. The molecule has 1 aromatic heterocycles. The van der Waals surface area contributed by atoms with Gasteiger partial charge in [0.25, 0.3) is 0 Å². The van der Waals surface area contributed by atoms with Crippen LogP contribution in [0.1, 0.15) is 19.0 Å². The van der Waals surface area contributed by atoms with E-state index in [2.05, 4.69) is 27.5 Å². The van der Waals surface area contributed by atoms with Gasteiger partial charge in [-0.1, -0.05) is 6.92 Å². The number of halogens is 1. The molecule has 0 fully saturated rings. The van der Waals surface area contributed by atoms with Crippen molar-refractivity contribution in [2.75, 3.05) is 13.6 Å². The second kappa shape index (κ2) is 6.76. The first-order valence-corrected chi connectivity index (χ1v) is 5.31. The molecule has 4 nitrogen and oxygen atoms in total. The van der Waals surface area contributed by atoms with Crippen LogP contribution >= 0.6 is 0 Å². The van der Waals surface area contributed by atoms with Crippen LogP contribution in [0.15, 0.2) is 23.3 Å². The summed E-state index contributed by atoms with van der Waals surface area (Å²) in [6.45, 7) is 3.24. The van der Waals surface area contributed by atoms with Gasteiger partial charge in [-0.3, -0.25) is 9.98 Å². The Balaban J connectivity index is 2.47. The lowest BCUT2D eigenvalue weighted by atomic mass is 10.3. The van der Waals surface area contributed by atoms with E-state index in [0.29, 0.717) is 18.2 Å². The fourth-order valence-electron chi connectivity index (χ4n) is 1.18. The topological polar surface area (TPSA) is 49.3 Å². The Labute approximate surface area is 95.0 Å². The summed E-state index contributed by atoms with van der Waals surface area (Å²) in [5.41, 5.74) is 0.391. The average molecular weight is 224 g/mol. The minimum atomic E-state index is -0.305. The second-order valence-electron chi connectivity index (χ2n) is 3.28. The van der Waals surface area contributed by atoms with Crippen LogP contribution in [0.25, 0.3) is 0 Å². The summed E-state index contributed by atoms with van der Waals surface area (Å²) in [4.78, 5) is 7.96. The van der Waals surface area contributed by atoms with Gasteiger partial charge in [0.05, 0.1) is 12.2 Å². The summed E-state index contributed by atoms with van der Waals surface area (Å²) in [5, 5.41) is 6.10. The molecule has 5 heteroatoms. The van der Waals surface area contributed by atoms with Crippen molar-refractivity contribution in [2.24, 2.45) is 4.99 Å². The van der Waals surface area contributed by atoms with Gasteiger partial charge in [0.2, 0.25) is 0 Å². The summed E-state index contributed by atoms with van der Waals surface area (Å²) >= 11 is 0. The first kappa shape index (κ1) is 12.4. The van der Waals surface area contributed by atoms with E-state index in [-0.39, 0.29) is 5.82 Å². The maximum Gasteiger partial charge on any atom is 0.191 e. The molecule has 0 aliphatic rings. The third kappa shape index (κ3) is 3.84. The molecule has 0 spiro atoms. The molecule has 1 rings (SSSR count).